The van der Waals surface area contributed by atoms with Crippen molar-refractivity contribution in [1.82, 2.24) is 0 Å². The Morgan fingerprint density at radius 1 is 1.47 bits per heavy atom. The van der Waals surface area contributed by atoms with Crippen molar-refractivity contribution < 1.29 is 9.53 Å². The standard InChI is InChI=1S/C14H20N2O2S/c1-9(2)16(8-13(17)18-4)12-6-5-11(14(15)19)7-10(12)3/h5-7,9H,8H2,1-4H3,(H2,15,19). The monoisotopic (exact) mass is 280 g/mol. The van der Waals surface area contributed by atoms with Gasteiger partial charge in [0, 0.05) is 17.3 Å². The predicted octanol–water partition coefficient (Wildman–Crippen LogP) is 2.02. The molecule has 0 radical (unpaired) electrons. The molecule has 1 aromatic carbocycles. The van der Waals surface area contributed by atoms with Crippen LogP contribution in [0.15, 0.2) is 18.2 Å². The third kappa shape index (κ3) is 3.92. The number of carbonyl (C=O) groups excluding carboxylic acids is 1. The van der Waals surface area contributed by atoms with Crippen molar-refractivity contribution in [3.05, 3.63) is 29.3 Å². The van der Waals surface area contributed by atoms with Crippen LogP contribution in [0, 0.1) is 6.92 Å². The second-order valence-corrected chi connectivity index (χ2v) is 5.10. The van der Waals surface area contributed by atoms with Gasteiger partial charge in [0.25, 0.3) is 0 Å². The lowest BCUT2D eigenvalue weighted by Crippen LogP contribution is -2.36. The highest BCUT2D eigenvalue weighted by atomic mass is 32.1. The molecule has 0 unspecified atom stereocenters. The molecule has 1 aromatic rings. The summed E-state index contributed by atoms with van der Waals surface area (Å²) in [4.78, 5) is 13.8. The lowest BCUT2D eigenvalue weighted by atomic mass is 10.1. The summed E-state index contributed by atoms with van der Waals surface area (Å²) in [6.07, 6.45) is 0. The van der Waals surface area contributed by atoms with Gasteiger partial charge in [-0.05, 0) is 44.5 Å². The molecule has 0 aliphatic carbocycles. The molecule has 0 aromatic heterocycles. The Kier molecular flexibility index (Phi) is 5.30. The van der Waals surface area contributed by atoms with Crippen molar-refractivity contribution in [3.63, 3.8) is 0 Å². The number of esters is 1. The lowest BCUT2D eigenvalue weighted by molar-refractivity contribution is -0.139. The van der Waals surface area contributed by atoms with Crippen LogP contribution in [0.1, 0.15) is 25.0 Å². The zero-order chi connectivity index (χ0) is 14.6. The summed E-state index contributed by atoms with van der Waals surface area (Å²) in [5, 5.41) is 0. The summed E-state index contributed by atoms with van der Waals surface area (Å²) >= 11 is 4.96. The van der Waals surface area contributed by atoms with E-state index in [4.69, 9.17) is 22.7 Å². The molecule has 19 heavy (non-hydrogen) atoms. The third-order valence-electron chi connectivity index (χ3n) is 2.94. The summed E-state index contributed by atoms with van der Waals surface area (Å²) in [5.41, 5.74) is 8.46. The quantitative estimate of drug-likeness (QED) is 0.660. The zero-order valence-corrected chi connectivity index (χ0v) is 12.6. The highest BCUT2D eigenvalue weighted by molar-refractivity contribution is 7.80. The Balaban J connectivity index is 3.09. The number of hydrogen-bond donors (Lipinski definition) is 1. The summed E-state index contributed by atoms with van der Waals surface area (Å²) in [6, 6.07) is 5.93. The fourth-order valence-electron chi connectivity index (χ4n) is 1.88. The molecule has 104 valence electrons. The van der Waals surface area contributed by atoms with Gasteiger partial charge in [0.2, 0.25) is 0 Å². The van der Waals surface area contributed by atoms with Crippen LogP contribution in [0.2, 0.25) is 0 Å². The Hall–Kier alpha value is -1.62. The van der Waals surface area contributed by atoms with E-state index in [1.165, 1.54) is 7.11 Å². The maximum absolute atomic E-state index is 11.5. The van der Waals surface area contributed by atoms with Crippen LogP contribution in [0.4, 0.5) is 5.69 Å². The SMILES string of the molecule is COC(=O)CN(c1ccc(C(N)=S)cc1C)C(C)C. The molecule has 0 spiro atoms. The van der Waals surface area contributed by atoms with E-state index in [0.717, 1.165) is 16.8 Å². The van der Waals surface area contributed by atoms with Crippen LogP contribution < -0.4 is 10.6 Å². The number of anilines is 1. The smallest absolute Gasteiger partial charge is 0.325 e. The molecule has 0 aliphatic rings. The number of ether oxygens (including phenoxy) is 1. The summed E-state index contributed by atoms with van der Waals surface area (Å²) in [6.45, 7) is 6.26. The summed E-state index contributed by atoms with van der Waals surface area (Å²) in [7, 11) is 1.39. The molecule has 0 saturated heterocycles. The molecule has 2 N–H and O–H groups in total. The lowest BCUT2D eigenvalue weighted by Gasteiger charge is -2.29. The number of rotatable bonds is 5. The zero-order valence-electron chi connectivity index (χ0n) is 11.8. The second kappa shape index (κ2) is 6.52. The molecule has 0 fully saturated rings. The van der Waals surface area contributed by atoms with Gasteiger partial charge in [-0.15, -0.1) is 0 Å². The molecular weight excluding hydrogens is 260 g/mol. The molecular formula is C14H20N2O2S. The van der Waals surface area contributed by atoms with E-state index < -0.39 is 0 Å². The number of hydrogen-bond acceptors (Lipinski definition) is 4. The van der Waals surface area contributed by atoms with Gasteiger partial charge in [-0.1, -0.05) is 12.2 Å². The van der Waals surface area contributed by atoms with Crippen molar-refractivity contribution >= 4 is 28.9 Å². The molecule has 0 heterocycles. The first kappa shape index (κ1) is 15.4. The van der Waals surface area contributed by atoms with Crippen molar-refractivity contribution in [2.75, 3.05) is 18.6 Å². The van der Waals surface area contributed by atoms with Gasteiger partial charge in [-0.25, -0.2) is 0 Å². The van der Waals surface area contributed by atoms with E-state index in [-0.39, 0.29) is 18.6 Å². The average Bonchev–Trinajstić information content (AvgIpc) is 2.35. The molecule has 0 saturated carbocycles. The fourth-order valence-corrected chi connectivity index (χ4v) is 2.01. The topological polar surface area (TPSA) is 55.6 Å². The van der Waals surface area contributed by atoms with E-state index in [9.17, 15) is 4.79 Å². The predicted molar refractivity (Wildman–Crippen MR) is 81.6 cm³/mol. The maximum atomic E-state index is 11.5. The number of methoxy groups -OCH3 is 1. The first-order valence-electron chi connectivity index (χ1n) is 6.10. The fraction of sp³-hybridized carbons (Fsp3) is 0.429. The van der Waals surface area contributed by atoms with Crippen LogP contribution in [-0.4, -0.2) is 30.7 Å². The van der Waals surface area contributed by atoms with Gasteiger partial charge in [0.1, 0.15) is 11.5 Å². The van der Waals surface area contributed by atoms with Crippen LogP contribution in [0.5, 0.6) is 0 Å². The Bertz CT molecular complexity index is 486. The van der Waals surface area contributed by atoms with Crippen LogP contribution in [0.3, 0.4) is 0 Å². The molecule has 0 amide bonds. The van der Waals surface area contributed by atoms with Gasteiger partial charge in [-0.2, -0.15) is 0 Å². The maximum Gasteiger partial charge on any atom is 0.325 e. The molecule has 0 bridgehead atoms. The van der Waals surface area contributed by atoms with Gasteiger partial charge in [0.05, 0.1) is 7.11 Å². The van der Waals surface area contributed by atoms with Crippen molar-refractivity contribution in [2.45, 2.75) is 26.8 Å². The van der Waals surface area contributed by atoms with E-state index in [1.54, 1.807) is 0 Å². The first-order chi connectivity index (χ1) is 8.86. The van der Waals surface area contributed by atoms with E-state index in [2.05, 4.69) is 0 Å². The Labute approximate surface area is 119 Å². The van der Waals surface area contributed by atoms with Crippen LogP contribution >= 0.6 is 12.2 Å². The first-order valence-corrected chi connectivity index (χ1v) is 6.51. The molecule has 5 heteroatoms. The van der Waals surface area contributed by atoms with Gasteiger partial charge in [-0.3, -0.25) is 4.79 Å². The third-order valence-corrected chi connectivity index (χ3v) is 3.18. The number of benzene rings is 1. The van der Waals surface area contributed by atoms with Crippen LogP contribution in [-0.2, 0) is 9.53 Å². The van der Waals surface area contributed by atoms with E-state index in [0.29, 0.717) is 4.99 Å². The number of aryl methyl sites for hydroxylation is 1. The van der Waals surface area contributed by atoms with Gasteiger partial charge >= 0.3 is 5.97 Å². The van der Waals surface area contributed by atoms with Crippen molar-refractivity contribution in [2.24, 2.45) is 5.73 Å². The molecule has 0 aliphatic heterocycles. The number of carbonyl (C=O) groups is 1. The minimum absolute atomic E-state index is 0.188. The Morgan fingerprint density at radius 2 is 2.11 bits per heavy atom. The normalized spacial score (nSPS) is 10.4. The second-order valence-electron chi connectivity index (χ2n) is 4.66. The van der Waals surface area contributed by atoms with E-state index in [1.807, 2.05) is 43.9 Å². The number of nitrogens with zero attached hydrogens (tertiary/aromatic N) is 1. The molecule has 4 nitrogen and oxygen atoms in total. The highest BCUT2D eigenvalue weighted by Gasteiger charge is 2.17. The molecule has 1 rings (SSSR count). The average molecular weight is 280 g/mol. The number of thiocarbonyl (C=S) groups is 1. The van der Waals surface area contributed by atoms with Crippen molar-refractivity contribution in [3.8, 4) is 0 Å². The summed E-state index contributed by atoms with van der Waals surface area (Å²) < 4.78 is 4.73. The van der Waals surface area contributed by atoms with Gasteiger partial charge in [0.15, 0.2) is 0 Å². The minimum atomic E-state index is -0.258. The van der Waals surface area contributed by atoms with Crippen LogP contribution in [0.25, 0.3) is 0 Å². The van der Waals surface area contributed by atoms with Gasteiger partial charge < -0.3 is 15.4 Å². The Morgan fingerprint density at radius 3 is 2.53 bits per heavy atom. The highest BCUT2D eigenvalue weighted by Crippen LogP contribution is 2.23. The largest absolute Gasteiger partial charge is 0.468 e. The summed E-state index contributed by atoms with van der Waals surface area (Å²) in [5.74, 6) is -0.258. The van der Waals surface area contributed by atoms with Crippen molar-refractivity contribution in [1.29, 1.82) is 0 Å². The molecule has 0 atom stereocenters. The minimum Gasteiger partial charge on any atom is -0.468 e. The van der Waals surface area contributed by atoms with E-state index >= 15 is 0 Å². The number of nitrogens with two attached hydrogens (primary N) is 1.